The van der Waals surface area contributed by atoms with Gasteiger partial charge in [-0.05, 0) is 31.5 Å². The van der Waals surface area contributed by atoms with E-state index in [1.165, 1.54) is 0 Å². The monoisotopic (exact) mass is 229 g/mol. The van der Waals surface area contributed by atoms with Gasteiger partial charge in [0.15, 0.2) is 5.78 Å². The highest BCUT2D eigenvalue weighted by atomic mass is 16.3. The predicted octanol–water partition coefficient (Wildman–Crippen LogP) is 2.62. The average molecular weight is 229 g/mol. The van der Waals surface area contributed by atoms with E-state index in [4.69, 9.17) is 4.42 Å². The van der Waals surface area contributed by atoms with E-state index in [-0.39, 0.29) is 11.7 Å². The molecule has 1 aromatic carbocycles. The lowest BCUT2D eigenvalue weighted by Gasteiger charge is -2.21. The van der Waals surface area contributed by atoms with Crippen molar-refractivity contribution in [1.82, 2.24) is 5.32 Å². The highest BCUT2D eigenvalue weighted by Crippen LogP contribution is 2.24. The van der Waals surface area contributed by atoms with Crippen molar-refractivity contribution in [3.8, 4) is 0 Å². The van der Waals surface area contributed by atoms with Gasteiger partial charge in [-0.3, -0.25) is 4.79 Å². The van der Waals surface area contributed by atoms with E-state index in [9.17, 15) is 4.79 Å². The van der Waals surface area contributed by atoms with Crippen LogP contribution in [-0.2, 0) is 0 Å². The van der Waals surface area contributed by atoms with Crippen LogP contribution in [0.25, 0.3) is 11.0 Å². The molecule has 1 aromatic heterocycles. The Balaban J connectivity index is 1.97. The van der Waals surface area contributed by atoms with Crippen LogP contribution in [-0.4, -0.2) is 18.9 Å². The molecule has 0 bridgehead atoms. The number of para-hydroxylation sites is 1. The van der Waals surface area contributed by atoms with Gasteiger partial charge >= 0.3 is 0 Å². The van der Waals surface area contributed by atoms with Gasteiger partial charge in [-0.15, -0.1) is 0 Å². The molecule has 1 saturated heterocycles. The van der Waals surface area contributed by atoms with E-state index in [1.807, 2.05) is 24.3 Å². The zero-order valence-electron chi connectivity index (χ0n) is 9.61. The summed E-state index contributed by atoms with van der Waals surface area (Å²) < 4.78 is 5.42. The van der Waals surface area contributed by atoms with E-state index < -0.39 is 0 Å². The Morgan fingerprint density at radius 3 is 3.12 bits per heavy atom. The number of rotatable bonds is 2. The lowest BCUT2D eigenvalue weighted by atomic mass is 9.90. The molecule has 88 valence electrons. The van der Waals surface area contributed by atoms with Crippen LogP contribution in [0, 0.1) is 5.92 Å². The third-order valence-corrected chi connectivity index (χ3v) is 3.41. The molecule has 1 N–H and O–H groups in total. The van der Waals surface area contributed by atoms with Gasteiger partial charge in [-0.25, -0.2) is 0 Å². The summed E-state index contributed by atoms with van der Waals surface area (Å²) in [6.07, 6.45) is 3.69. The quantitative estimate of drug-likeness (QED) is 0.805. The van der Waals surface area contributed by atoms with Gasteiger partial charge < -0.3 is 9.73 Å². The third-order valence-electron chi connectivity index (χ3n) is 3.41. The molecule has 0 saturated carbocycles. The molecule has 0 spiro atoms. The smallest absolute Gasteiger partial charge is 0.170 e. The van der Waals surface area contributed by atoms with Crippen molar-refractivity contribution in [3.63, 3.8) is 0 Å². The molecular weight excluding hydrogens is 214 g/mol. The molecule has 1 fully saturated rings. The van der Waals surface area contributed by atoms with Crippen LogP contribution in [0.2, 0.25) is 0 Å². The fourth-order valence-corrected chi connectivity index (χ4v) is 2.48. The summed E-state index contributed by atoms with van der Waals surface area (Å²) in [4.78, 5) is 12.4. The molecule has 2 aromatic rings. The molecule has 0 amide bonds. The summed E-state index contributed by atoms with van der Waals surface area (Å²) in [7, 11) is 0. The molecule has 1 aliphatic rings. The molecule has 1 unspecified atom stereocenters. The first-order chi connectivity index (χ1) is 8.36. The van der Waals surface area contributed by atoms with Gasteiger partial charge in [0.1, 0.15) is 5.58 Å². The van der Waals surface area contributed by atoms with Gasteiger partial charge in [0, 0.05) is 17.8 Å². The Labute approximate surface area is 99.8 Å². The summed E-state index contributed by atoms with van der Waals surface area (Å²) in [6.45, 7) is 1.81. The van der Waals surface area contributed by atoms with E-state index in [0.717, 1.165) is 42.5 Å². The van der Waals surface area contributed by atoms with Crippen LogP contribution in [0.3, 0.4) is 0 Å². The zero-order valence-corrected chi connectivity index (χ0v) is 9.61. The van der Waals surface area contributed by atoms with Crippen LogP contribution in [0.4, 0.5) is 0 Å². The number of hydrogen-bond acceptors (Lipinski definition) is 3. The van der Waals surface area contributed by atoms with Crippen molar-refractivity contribution >= 4 is 16.8 Å². The first-order valence-electron chi connectivity index (χ1n) is 6.07. The van der Waals surface area contributed by atoms with E-state index >= 15 is 0 Å². The van der Waals surface area contributed by atoms with Gasteiger partial charge in [0.2, 0.25) is 0 Å². The number of nitrogens with one attached hydrogen (secondary N) is 1. The number of ketones is 1. The molecular formula is C14H15NO2. The standard InChI is InChI=1S/C14H15NO2/c16-13(11-4-2-7-15-9-11)12-5-1-3-10-6-8-17-14(10)12/h1,3,5-6,8,11,15H,2,4,7,9H2. The molecule has 3 nitrogen and oxygen atoms in total. The van der Waals surface area contributed by atoms with Crippen molar-refractivity contribution in [2.75, 3.05) is 13.1 Å². The van der Waals surface area contributed by atoms with Crippen LogP contribution in [0.5, 0.6) is 0 Å². The SMILES string of the molecule is O=C(c1cccc2ccoc12)C1CCCNC1. The molecule has 1 atom stereocenters. The summed E-state index contributed by atoms with van der Waals surface area (Å²) in [5.41, 5.74) is 1.45. The van der Waals surface area contributed by atoms with E-state index in [1.54, 1.807) is 6.26 Å². The molecule has 0 radical (unpaired) electrons. The van der Waals surface area contributed by atoms with Crippen LogP contribution < -0.4 is 5.32 Å². The first-order valence-corrected chi connectivity index (χ1v) is 6.07. The number of carbonyl (C=O) groups excluding carboxylic acids is 1. The number of hydrogen-bond donors (Lipinski definition) is 1. The average Bonchev–Trinajstić information content (AvgIpc) is 2.87. The maximum atomic E-state index is 12.4. The molecule has 2 heterocycles. The maximum absolute atomic E-state index is 12.4. The fraction of sp³-hybridized carbons (Fsp3) is 0.357. The first kappa shape index (κ1) is 10.5. The number of furan rings is 1. The summed E-state index contributed by atoms with van der Waals surface area (Å²) in [5.74, 6) is 0.303. The van der Waals surface area contributed by atoms with Crippen LogP contribution >= 0.6 is 0 Å². The summed E-state index contributed by atoms with van der Waals surface area (Å²) in [5, 5.41) is 4.28. The third kappa shape index (κ3) is 1.87. The largest absolute Gasteiger partial charge is 0.464 e. The zero-order chi connectivity index (χ0) is 11.7. The molecule has 3 rings (SSSR count). The molecule has 17 heavy (non-hydrogen) atoms. The number of fused-ring (bicyclic) bond motifs is 1. The topological polar surface area (TPSA) is 42.2 Å². The number of benzene rings is 1. The number of Topliss-reactive ketones (excluding diaryl/α,β-unsaturated/α-hetero) is 1. The number of carbonyl (C=O) groups is 1. The second-order valence-electron chi connectivity index (χ2n) is 4.55. The lowest BCUT2D eigenvalue weighted by molar-refractivity contribution is 0.0900. The Kier molecular flexibility index (Phi) is 2.69. The Hall–Kier alpha value is -1.61. The van der Waals surface area contributed by atoms with Gasteiger partial charge in [0.25, 0.3) is 0 Å². The van der Waals surface area contributed by atoms with Gasteiger partial charge in [-0.1, -0.05) is 12.1 Å². The van der Waals surface area contributed by atoms with Crippen LogP contribution in [0.1, 0.15) is 23.2 Å². The second kappa shape index (κ2) is 4.34. The van der Waals surface area contributed by atoms with Gasteiger partial charge in [-0.2, -0.15) is 0 Å². The van der Waals surface area contributed by atoms with Crippen molar-refractivity contribution in [2.45, 2.75) is 12.8 Å². The van der Waals surface area contributed by atoms with Crippen molar-refractivity contribution in [2.24, 2.45) is 5.92 Å². The molecule has 3 heteroatoms. The molecule has 1 aliphatic heterocycles. The van der Waals surface area contributed by atoms with Crippen molar-refractivity contribution < 1.29 is 9.21 Å². The van der Waals surface area contributed by atoms with E-state index in [0.29, 0.717) is 0 Å². The van der Waals surface area contributed by atoms with Gasteiger partial charge in [0.05, 0.1) is 11.8 Å². The summed E-state index contributed by atoms with van der Waals surface area (Å²) in [6, 6.07) is 7.64. The minimum atomic E-state index is 0.0967. The van der Waals surface area contributed by atoms with Crippen molar-refractivity contribution in [3.05, 3.63) is 36.1 Å². The normalized spacial score (nSPS) is 20.6. The predicted molar refractivity (Wildman–Crippen MR) is 66.1 cm³/mol. The van der Waals surface area contributed by atoms with Crippen LogP contribution in [0.15, 0.2) is 34.9 Å². The maximum Gasteiger partial charge on any atom is 0.170 e. The number of piperidine rings is 1. The highest BCUT2D eigenvalue weighted by Gasteiger charge is 2.24. The molecule has 0 aliphatic carbocycles. The summed E-state index contributed by atoms with van der Waals surface area (Å²) >= 11 is 0. The minimum absolute atomic E-state index is 0.0967. The Bertz CT molecular complexity index is 538. The van der Waals surface area contributed by atoms with Crippen molar-refractivity contribution in [1.29, 1.82) is 0 Å². The second-order valence-corrected chi connectivity index (χ2v) is 4.55. The Morgan fingerprint density at radius 2 is 2.29 bits per heavy atom. The Morgan fingerprint density at radius 1 is 1.35 bits per heavy atom. The highest BCUT2D eigenvalue weighted by molar-refractivity contribution is 6.07. The van der Waals surface area contributed by atoms with E-state index in [2.05, 4.69) is 5.32 Å². The lowest BCUT2D eigenvalue weighted by Crippen LogP contribution is -2.34. The minimum Gasteiger partial charge on any atom is -0.464 e. The fourth-order valence-electron chi connectivity index (χ4n) is 2.48.